The number of alkyl carbamates (subject to hydrolysis) is 1. The number of nitrogens with zero attached hydrogens (tertiary/aromatic N) is 1. The highest BCUT2D eigenvalue weighted by Gasteiger charge is 2.56. The minimum Gasteiger partial charge on any atom is -0.445 e. The van der Waals surface area contributed by atoms with E-state index in [4.69, 9.17) is 9.26 Å². The monoisotopic (exact) mass is 729 g/mol. The van der Waals surface area contributed by atoms with Gasteiger partial charge in [-0.3, -0.25) is 18.7 Å². The molecule has 1 aliphatic heterocycles. The van der Waals surface area contributed by atoms with Crippen molar-refractivity contribution in [3.05, 3.63) is 71.8 Å². The number of nitrogens with one attached hydrogen (secondary N) is 3. The number of likely N-dealkylation sites (tertiary alicyclic amines) is 1. The van der Waals surface area contributed by atoms with Crippen LogP contribution >= 0.6 is 7.60 Å². The van der Waals surface area contributed by atoms with E-state index in [1.165, 1.54) is 6.92 Å². The molecule has 5 amide bonds. The normalized spacial score (nSPS) is 21.6. The summed E-state index contributed by atoms with van der Waals surface area (Å²) in [7, 11) is -4.85. The van der Waals surface area contributed by atoms with Gasteiger partial charge in [0.15, 0.2) is 6.10 Å². The first-order chi connectivity index (χ1) is 24.3. The van der Waals surface area contributed by atoms with E-state index in [-0.39, 0.29) is 44.4 Å². The van der Waals surface area contributed by atoms with Crippen molar-refractivity contribution in [1.82, 2.24) is 16.0 Å². The Morgan fingerprint density at radius 2 is 1.57 bits per heavy atom. The predicted octanol–water partition coefficient (Wildman–Crippen LogP) is 4.85. The summed E-state index contributed by atoms with van der Waals surface area (Å²) in [6.45, 7) is 3.31. The van der Waals surface area contributed by atoms with E-state index in [1.54, 1.807) is 37.3 Å². The lowest BCUT2D eigenvalue weighted by atomic mass is 9.84. The first-order valence-electron chi connectivity index (χ1n) is 17.6. The summed E-state index contributed by atoms with van der Waals surface area (Å²) in [5, 5.41) is 18.1. The second-order valence-corrected chi connectivity index (χ2v) is 15.4. The molecule has 5 N–H and O–H groups in total. The number of hydrogen-bond donors (Lipinski definition) is 5. The standard InChI is InChI=1S/C36H49N4O10P/c1-25-13-12-22-40(25,36(45)46)34(43)26(2)50-51(47,48)31(23-27-14-5-3-6-15-27)39-33(42)30(38-32(41)29-18-11-19-29)20-9-10-21-37-35(44)49-24-28-16-7-4-8-17-28/h3-8,14-17,25-26,29-31H,9-13,18-24H2,1-2H3,(H4-,37,38,39,41,42,44,45,46,47,48)/p+1/t25-,26?,30+,31+,40?/m1/s1. The molecule has 4 rings (SSSR count). The van der Waals surface area contributed by atoms with Gasteiger partial charge in [0.1, 0.15) is 24.5 Å². The van der Waals surface area contributed by atoms with Gasteiger partial charge in [-0.25, -0.2) is 9.59 Å². The number of ether oxygens (including phenoxy) is 1. The van der Waals surface area contributed by atoms with Crippen LogP contribution in [0.2, 0.25) is 0 Å². The zero-order valence-corrected chi connectivity index (χ0v) is 30.1. The van der Waals surface area contributed by atoms with Crippen LogP contribution < -0.4 is 16.0 Å². The van der Waals surface area contributed by atoms with Gasteiger partial charge in [-0.05, 0) is 57.1 Å². The lowest BCUT2D eigenvalue weighted by molar-refractivity contribution is -0.793. The largest absolute Gasteiger partial charge is 0.521 e. The number of carboxylic acid groups (broad SMARTS) is 1. The van der Waals surface area contributed by atoms with Crippen LogP contribution in [0.5, 0.6) is 0 Å². The van der Waals surface area contributed by atoms with E-state index in [0.29, 0.717) is 44.1 Å². The van der Waals surface area contributed by atoms with Crippen LogP contribution in [0, 0.1) is 5.92 Å². The van der Waals surface area contributed by atoms with Crippen LogP contribution in [-0.2, 0) is 41.2 Å². The van der Waals surface area contributed by atoms with E-state index < -0.39 is 60.1 Å². The number of amides is 5. The maximum absolute atomic E-state index is 13.9. The van der Waals surface area contributed by atoms with E-state index in [9.17, 15) is 38.5 Å². The van der Waals surface area contributed by atoms with E-state index in [1.807, 2.05) is 30.3 Å². The highest BCUT2D eigenvalue weighted by Crippen LogP contribution is 2.49. The summed E-state index contributed by atoms with van der Waals surface area (Å²) in [4.78, 5) is 76.0. The molecule has 2 aromatic carbocycles. The zero-order chi connectivity index (χ0) is 37.0. The first kappa shape index (κ1) is 39.7. The molecule has 1 heterocycles. The van der Waals surface area contributed by atoms with Gasteiger partial charge in [-0.1, -0.05) is 67.1 Å². The van der Waals surface area contributed by atoms with Crippen molar-refractivity contribution in [2.75, 3.05) is 13.1 Å². The quantitative estimate of drug-likeness (QED) is 0.0853. The third-order valence-electron chi connectivity index (χ3n) is 9.76. The number of rotatable bonds is 17. The molecule has 6 atom stereocenters. The highest BCUT2D eigenvalue weighted by atomic mass is 31.2. The lowest BCUT2D eigenvalue weighted by Gasteiger charge is -2.33. The van der Waals surface area contributed by atoms with Gasteiger partial charge >= 0.3 is 25.7 Å². The average molecular weight is 730 g/mol. The fourth-order valence-electron chi connectivity index (χ4n) is 6.47. The van der Waals surface area contributed by atoms with Crippen molar-refractivity contribution in [3.63, 3.8) is 0 Å². The molecule has 14 nitrogen and oxygen atoms in total. The fraction of sp³-hybridized carbons (Fsp3) is 0.528. The number of unbranched alkanes of at least 4 members (excludes halogenated alkanes) is 1. The minimum absolute atomic E-state index is 0.0374. The van der Waals surface area contributed by atoms with Crippen molar-refractivity contribution in [2.45, 2.75) is 102 Å². The number of benzene rings is 2. The number of carbonyl (C=O) groups excluding carboxylic acids is 4. The number of imide groups is 1. The lowest BCUT2D eigenvalue weighted by Crippen LogP contribution is -2.61. The molecule has 2 aromatic rings. The molecule has 15 heteroatoms. The molecule has 278 valence electrons. The summed E-state index contributed by atoms with van der Waals surface area (Å²) in [5.74, 6) is -3.60. The van der Waals surface area contributed by atoms with Crippen LogP contribution in [0.15, 0.2) is 60.7 Å². The molecule has 1 saturated carbocycles. The van der Waals surface area contributed by atoms with Crippen LogP contribution in [0.1, 0.15) is 76.3 Å². The molecule has 0 radical (unpaired) electrons. The van der Waals surface area contributed by atoms with Crippen molar-refractivity contribution < 1.29 is 52.3 Å². The van der Waals surface area contributed by atoms with Crippen molar-refractivity contribution in [1.29, 1.82) is 0 Å². The van der Waals surface area contributed by atoms with Crippen LogP contribution in [0.4, 0.5) is 9.59 Å². The molecule has 3 unspecified atom stereocenters. The van der Waals surface area contributed by atoms with Gasteiger partial charge in [-0.15, -0.1) is 0 Å². The summed E-state index contributed by atoms with van der Waals surface area (Å²) in [5.41, 5.74) is 1.45. The van der Waals surface area contributed by atoms with Gasteiger partial charge in [0.25, 0.3) is 0 Å². The molecule has 0 spiro atoms. The van der Waals surface area contributed by atoms with E-state index in [0.717, 1.165) is 12.0 Å². The van der Waals surface area contributed by atoms with Gasteiger partial charge < -0.3 is 30.7 Å². The van der Waals surface area contributed by atoms with Crippen molar-refractivity contribution in [3.8, 4) is 0 Å². The van der Waals surface area contributed by atoms with Crippen LogP contribution in [-0.4, -0.2) is 81.5 Å². The molecule has 2 fully saturated rings. The topological polar surface area (TPSA) is 197 Å². The smallest absolute Gasteiger partial charge is 0.445 e. The highest BCUT2D eigenvalue weighted by molar-refractivity contribution is 7.53. The Labute approximate surface area is 298 Å². The fourth-order valence-corrected chi connectivity index (χ4v) is 7.89. The van der Waals surface area contributed by atoms with Gasteiger partial charge in [-0.2, -0.15) is 9.28 Å². The Bertz CT molecular complexity index is 1560. The van der Waals surface area contributed by atoms with E-state index in [2.05, 4.69) is 16.0 Å². The summed E-state index contributed by atoms with van der Waals surface area (Å²) in [6, 6.07) is 16.3. The Balaban J connectivity index is 1.42. The molecule has 51 heavy (non-hydrogen) atoms. The van der Waals surface area contributed by atoms with Crippen LogP contribution in [0.3, 0.4) is 0 Å². The minimum atomic E-state index is -4.85. The summed E-state index contributed by atoms with van der Waals surface area (Å²) < 4.78 is 23.8. The Kier molecular flexibility index (Phi) is 14.3. The second-order valence-electron chi connectivity index (χ2n) is 13.4. The maximum atomic E-state index is 13.9. The number of hydrogen-bond acceptors (Lipinski definition) is 8. The third-order valence-corrected chi connectivity index (χ3v) is 11.5. The van der Waals surface area contributed by atoms with Crippen LogP contribution in [0.25, 0.3) is 0 Å². The molecule has 1 aliphatic carbocycles. The second kappa shape index (κ2) is 18.4. The number of quaternary nitrogens is 1. The van der Waals surface area contributed by atoms with E-state index >= 15 is 0 Å². The molecule has 0 bridgehead atoms. The zero-order valence-electron chi connectivity index (χ0n) is 29.2. The number of carbonyl (C=O) groups is 5. The van der Waals surface area contributed by atoms with Crippen molar-refractivity contribution in [2.24, 2.45) is 5.92 Å². The molecular weight excluding hydrogens is 679 g/mol. The van der Waals surface area contributed by atoms with Gasteiger partial charge in [0, 0.05) is 31.7 Å². The Morgan fingerprint density at radius 3 is 2.14 bits per heavy atom. The molecule has 0 aromatic heterocycles. The Morgan fingerprint density at radius 1 is 0.922 bits per heavy atom. The Hall–Kier alpha value is -4.10. The average Bonchev–Trinajstić information content (AvgIpc) is 3.47. The summed E-state index contributed by atoms with van der Waals surface area (Å²) >= 11 is 0. The molecular formula is C36H50N4O10P+. The maximum Gasteiger partial charge on any atom is 0.521 e. The van der Waals surface area contributed by atoms with Gasteiger partial charge in [0.2, 0.25) is 11.8 Å². The third kappa shape index (κ3) is 10.7. The summed E-state index contributed by atoms with van der Waals surface area (Å²) in [6.07, 6.45) is 0.686. The predicted molar refractivity (Wildman–Crippen MR) is 187 cm³/mol. The van der Waals surface area contributed by atoms with Crippen molar-refractivity contribution >= 4 is 37.5 Å². The molecule has 1 saturated heterocycles. The first-order valence-corrected chi connectivity index (χ1v) is 19.2. The molecule has 2 aliphatic rings. The SMILES string of the molecule is CC(OP(=O)(O)[C@@H](Cc1ccccc1)NC(=O)[C@H](CCCCNC(=O)OCc1ccccc1)NC(=O)C1CCC1)C(=O)[N+]1(C(=O)O)CCC[C@H]1C. The van der Waals surface area contributed by atoms with Gasteiger partial charge in [0.05, 0.1) is 6.54 Å².